The summed E-state index contributed by atoms with van der Waals surface area (Å²) < 4.78 is 27.5. The molecule has 106 valence electrons. The third-order valence-corrected chi connectivity index (χ3v) is 3.71. The van der Waals surface area contributed by atoms with Crippen LogP contribution in [0.25, 0.3) is 10.8 Å². The van der Waals surface area contributed by atoms with Gasteiger partial charge in [0.25, 0.3) is 0 Å². The molecule has 0 saturated heterocycles. The Morgan fingerprint density at radius 3 is 2.19 bits per heavy atom. The van der Waals surface area contributed by atoms with Crippen LogP contribution in [0.1, 0.15) is 17.2 Å². The Morgan fingerprint density at radius 2 is 1.43 bits per heavy atom. The molecule has 0 amide bonds. The van der Waals surface area contributed by atoms with E-state index in [1.54, 1.807) is 0 Å². The maximum Gasteiger partial charge on any atom is 0.129 e. The van der Waals surface area contributed by atoms with E-state index in [1.807, 2.05) is 42.5 Å². The second-order valence-corrected chi connectivity index (χ2v) is 5.08. The molecule has 0 aliphatic carbocycles. The molecular formula is C18H15F2N. The fraction of sp³-hybridized carbons (Fsp3) is 0.111. The van der Waals surface area contributed by atoms with Crippen molar-refractivity contribution >= 4 is 10.8 Å². The Balaban J connectivity index is 2.00. The zero-order valence-electron chi connectivity index (χ0n) is 11.4. The van der Waals surface area contributed by atoms with Crippen LogP contribution in [0.15, 0.2) is 60.7 Å². The molecule has 0 aliphatic heterocycles. The third kappa shape index (κ3) is 2.65. The maximum absolute atomic E-state index is 13.7. The molecule has 0 spiro atoms. The van der Waals surface area contributed by atoms with Crippen LogP contribution in [0.5, 0.6) is 0 Å². The minimum Gasteiger partial charge on any atom is -0.324 e. The first-order chi connectivity index (χ1) is 10.2. The average molecular weight is 283 g/mol. The lowest BCUT2D eigenvalue weighted by Crippen LogP contribution is -2.15. The summed E-state index contributed by atoms with van der Waals surface area (Å²) in [6.45, 7) is 0. The van der Waals surface area contributed by atoms with Crippen molar-refractivity contribution in [3.05, 3.63) is 83.4 Å². The predicted octanol–water partition coefficient (Wildman–Crippen LogP) is 4.36. The number of halogens is 2. The fourth-order valence-electron chi connectivity index (χ4n) is 2.63. The van der Waals surface area contributed by atoms with Gasteiger partial charge in [-0.1, -0.05) is 48.5 Å². The van der Waals surface area contributed by atoms with Gasteiger partial charge in [-0.25, -0.2) is 8.78 Å². The van der Waals surface area contributed by atoms with Crippen molar-refractivity contribution in [1.29, 1.82) is 0 Å². The zero-order valence-corrected chi connectivity index (χ0v) is 11.4. The molecule has 0 fully saturated rings. The molecule has 21 heavy (non-hydrogen) atoms. The summed E-state index contributed by atoms with van der Waals surface area (Å²) in [7, 11) is 0. The van der Waals surface area contributed by atoms with Crippen LogP contribution >= 0.6 is 0 Å². The van der Waals surface area contributed by atoms with Crippen LogP contribution in [0, 0.1) is 11.6 Å². The molecule has 2 N–H and O–H groups in total. The van der Waals surface area contributed by atoms with Crippen molar-refractivity contribution in [1.82, 2.24) is 0 Å². The molecular weight excluding hydrogens is 268 g/mol. The lowest BCUT2D eigenvalue weighted by Gasteiger charge is -2.15. The van der Waals surface area contributed by atoms with Crippen LogP contribution in [0.2, 0.25) is 0 Å². The van der Waals surface area contributed by atoms with Crippen molar-refractivity contribution < 1.29 is 8.78 Å². The van der Waals surface area contributed by atoms with Gasteiger partial charge in [0.2, 0.25) is 0 Å². The van der Waals surface area contributed by atoms with E-state index in [9.17, 15) is 8.78 Å². The van der Waals surface area contributed by atoms with E-state index in [4.69, 9.17) is 5.73 Å². The summed E-state index contributed by atoms with van der Waals surface area (Å²) in [5, 5.41) is 2.09. The number of hydrogen-bond donors (Lipinski definition) is 1. The smallest absolute Gasteiger partial charge is 0.129 e. The summed E-state index contributed by atoms with van der Waals surface area (Å²) in [4.78, 5) is 0. The molecule has 0 saturated carbocycles. The van der Waals surface area contributed by atoms with E-state index in [0.29, 0.717) is 0 Å². The molecule has 0 bridgehead atoms. The SMILES string of the molecule is NC(Cc1c(F)cccc1F)c1cccc2ccccc12. The molecule has 3 rings (SSSR count). The number of nitrogens with two attached hydrogens (primary N) is 1. The van der Waals surface area contributed by atoms with Crippen LogP contribution in [-0.4, -0.2) is 0 Å². The topological polar surface area (TPSA) is 26.0 Å². The number of benzene rings is 3. The number of hydrogen-bond acceptors (Lipinski definition) is 1. The van der Waals surface area contributed by atoms with Gasteiger partial charge in [0, 0.05) is 11.6 Å². The second kappa shape index (κ2) is 5.62. The molecule has 3 heteroatoms. The summed E-state index contributed by atoms with van der Waals surface area (Å²) in [6.07, 6.45) is 0.131. The summed E-state index contributed by atoms with van der Waals surface area (Å²) in [5.74, 6) is -1.10. The summed E-state index contributed by atoms with van der Waals surface area (Å²) in [5.41, 5.74) is 7.14. The largest absolute Gasteiger partial charge is 0.324 e. The Hall–Kier alpha value is -2.26. The van der Waals surface area contributed by atoms with Gasteiger partial charge >= 0.3 is 0 Å². The molecule has 0 aliphatic rings. The molecule has 3 aromatic rings. The van der Waals surface area contributed by atoms with Gasteiger partial charge in [0.15, 0.2) is 0 Å². The molecule has 0 aromatic heterocycles. The zero-order chi connectivity index (χ0) is 14.8. The minimum atomic E-state index is -0.550. The van der Waals surface area contributed by atoms with Crippen molar-refractivity contribution in [2.45, 2.75) is 12.5 Å². The molecule has 0 heterocycles. The third-order valence-electron chi connectivity index (χ3n) is 3.71. The quantitative estimate of drug-likeness (QED) is 0.759. The number of fused-ring (bicyclic) bond motifs is 1. The van der Waals surface area contributed by atoms with Gasteiger partial charge < -0.3 is 5.73 Å². The first kappa shape index (κ1) is 13.7. The van der Waals surface area contributed by atoms with Gasteiger partial charge in [-0.3, -0.25) is 0 Å². The van der Waals surface area contributed by atoms with Gasteiger partial charge in [-0.2, -0.15) is 0 Å². The van der Waals surface area contributed by atoms with Crippen molar-refractivity contribution in [2.75, 3.05) is 0 Å². The standard InChI is InChI=1S/C18H15F2N/c19-16-9-4-10-17(20)15(16)11-18(21)14-8-3-6-12-5-1-2-7-13(12)14/h1-10,18H,11,21H2. The Morgan fingerprint density at radius 1 is 0.810 bits per heavy atom. The number of rotatable bonds is 3. The van der Waals surface area contributed by atoms with Crippen LogP contribution in [-0.2, 0) is 6.42 Å². The minimum absolute atomic E-state index is 0.0398. The lowest BCUT2D eigenvalue weighted by molar-refractivity contribution is 0.540. The van der Waals surface area contributed by atoms with Crippen molar-refractivity contribution in [3.8, 4) is 0 Å². The fourth-order valence-corrected chi connectivity index (χ4v) is 2.63. The van der Waals surface area contributed by atoms with E-state index >= 15 is 0 Å². The highest BCUT2D eigenvalue weighted by atomic mass is 19.1. The Labute approximate surface area is 122 Å². The van der Waals surface area contributed by atoms with Crippen LogP contribution in [0.3, 0.4) is 0 Å². The Kier molecular flexibility index (Phi) is 3.67. The van der Waals surface area contributed by atoms with E-state index in [2.05, 4.69) is 0 Å². The van der Waals surface area contributed by atoms with Gasteiger partial charge in [0.1, 0.15) is 11.6 Å². The molecule has 1 nitrogen and oxygen atoms in total. The van der Waals surface area contributed by atoms with Crippen LogP contribution in [0.4, 0.5) is 8.78 Å². The lowest BCUT2D eigenvalue weighted by atomic mass is 9.94. The average Bonchev–Trinajstić information content (AvgIpc) is 2.50. The Bertz CT molecular complexity index is 758. The maximum atomic E-state index is 13.7. The molecule has 1 unspecified atom stereocenters. The van der Waals surface area contributed by atoms with Crippen molar-refractivity contribution in [3.63, 3.8) is 0 Å². The van der Waals surface area contributed by atoms with Gasteiger partial charge in [0.05, 0.1) is 0 Å². The predicted molar refractivity (Wildman–Crippen MR) is 80.9 cm³/mol. The molecule has 3 aromatic carbocycles. The first-order valence-electron chi connectivity index (χ1n) is 6.83. The highest BCUT2D eigenvalue weighted by Crippen LogP contribution is 2.26. The summed E-state index contributed by atoms with van der Waals surface area (Å²) >= 11 is 0. The van der Waals surface area contributed by atoms with E-state index in [1.165, 1.54) is 18.2 Å². The van der Waals surface area contributed by atoms with Gasteiger partial charge in [-0.15, -0.1) is 0 Å². The van der Waals surface area contributed by atoms with Gasteiger partial charge in [-0.05, 0) is 34.9 Å². The van der Waals surface area contributed by atoms with Crippen LogP contribution < -0.4 is 5.73 Å². The highest BCUT2D eigenvalue weighted by molar-refractivity contribution is 5.86. The normalized spacial score (nSPS) is 12.5. The first-order valence-corrected chi connectivity index (χ1v) is 6.83. The van der Waals surface area contributed by atoms with E-state index in [-0.39, 0.29) is 12.0 Å². The molecule has 0 radical (unpaired) electrons. The van der Waals surface area contributed by atoms with E-state index < -0.39 is 17.7 Å². The monoisotopic (exact) mass is 283 g/mol. The summed E-state index contributed by atoms with van der Waals surface area (Å²) in [6, 6.07) is 17.1. The highest BCUT2D eigenvalue weighted by Gasteiger charge is 2.15. The second-order valence-electron chi connectivity index (χ2n) is 5.08. The molecule has 1 atom stereocenters. The van der Waals surface area contributed by atoms with Crippen molar-refractivity contribution in [2.24, 2.45) is 5.73 Å². The van der Waals surface area contributed by atoms with E-state index in [0.717, 1.165) is 16.3 Å².